The molecule has 4 aromatic rings. The maximum absolute atomic E-state index is 13.1. The molecule has 0 spiro atoms. The number of aromatic hydroxyl groups is 1. The lowest BCUT2D eigenvalue weighted by Crippen LogP contribution is -2.15. The molecule has 4 aromatic carbocycles. The van der Waals surface area contributed by atoms with Crippen LogP contribution in [-0.4, -0.2) is 19.4 Å². The third-order valence-electron chi connectivity index (χ3n) is 4.94. The Kier molecular flexibility index (Phi) is 6.54. The normalized spacial score (nSPS) is 11.1. The molecule has 0 aliphatic heterocycles. The van der Waals surface area contributed by atoms with Crippen LogP contribution >= 0.6 is 11.6 Å². The zero-order valence-electron chi connectivity index (χ0n) is 17.5. The summed E-state index contributed by atoms with van der Waals surface area (Å²) in [5, 5.41) is 13.0. The van der Waals surface area contributed by atoms with Crippen molar-refractivity contribution in [3.63, 3.8) is 0 Å². The number of sulfonamides is 1. The minimum atomic E-state index is -4.10. The second-order valence-corrected chi connectivity index (χ2v) is 9.40. The summed E-state index contributed by atoms with van der Waals surface area (Å²) in [5.74, 6) is -1.45. The van der Waals surface area contributed by atoms with Gasteiger partial charge in [0, 0.05) is 5.69 Å². The molecule has 0 atom stereocenters. The minimum absolute atomic E-state index is 0.160. The van der Waals surface area contributed by atoms with Gasteiger partial charge in [-0.25, -0.2) is 12.8 Å². The summed E-state index contributed by atoms with van der Waals surface area (Å²) in [4.78, 5) is 12.6. The topological polar surface area (TPSA) is 95.5 Å². The Hall–Kier alpha value is -3.88. The van der Waals surface area contributed by atoms with Gasteiger partial charge in [-0.05, 0) is 65.7 Å². The van der Waals surface area contributed by atoms with Crippen molar-refractivity contribution in [2.75, 3.05) is 10.0 Å². The fourth-order valence-corrected chi connectivity index (χ4v) is 4.55. The minimum Gasteiger partial charge on any atom is -0.506 e. The summed E-state index contributed by atoms with van der Waals surface area (Å²) in [6.07, 6.45) is 0. The average molecular weight is 497 g/mol. The average Bonchev–Trinajstić information content (AvgIpc) is 2.82. The molecule has 9 heteroatoms. The first kappa shape index (κ1) is 23.3. The van der Waals surface area contributed by atoms with E-state index in [2.05, 4.69) is 10.0 Å². The molecule has 0 aromatic heterocycles. The number of amides is 1. The van der Waals surface area contributed by atoms with Crippen molar-refractivity contribution < 1.29 is 22.7 Å². The van der Waals surface area contributed by atoms with Gasteiger partial charge in [-0.15, -0.1) is 0 Å². The van der Waals surface area contributed by atoms with Gasteiger partial charge in [-0.1, -0.05) is 48.0 Å². The maximum atomic E-state index is 13.1. The van der Waals surface area contributed by atoms with E-state index in [-0.39, 0.29) is 32.6 Å². The van der Waals surface area contributed by atoms with Crippen LogP contribution in [0.5, 0.6) is 5.75 Å². The van der Waals surface area contributed by atoms with E-state index >= 15 is 0 Å². The summed E-state index contributed by atoms with van der Waals surface area (Å²) in [5.41, 5.74) is 2.09. The van der Waals surface area contributed by atoms with Gasteiger partial charge in [-0.2, -0.15) is 0 Å². The zero-order valence-corrected chi connectivity index (χ0v) is 19.1. The number of benzene rings is 4. The Labute approximate surface area is 200 Å². The second kappa shape index (κ2) is 9.54. The van der Waals surface area contributed by atoms with E-state index in [1.165, 1.54) is 18.2 Å². The second-order valence-electron chi connectivity index (χ2n) is 7.31. The molecule has 0 saturated carbocycles. The van der Waals surface area contributed by atoms with Gasteiger partial charge in [0.25, 0.3) is 15.9 Å². The van der Waals surface area contributed by atoms with Crippen LogP contribution in [0.25, 0.3) is 11.1 Å². The number of hydrogen-bond donors (Lipinski definition) is 3. The van der Waals surface area contributed by atoms with Crippen LogP contribution in [0.2, 0.25) is 5.02 Å². The van der Waals surface area contributed by atoms with Gasteiger partial charge < -0.3 is 10.4 Å². The van der Waals surface area contributed by atoms with Crippen molar-refractivity contribution >= 4 is 38.9 Å². The van der Waals surface area contributed by atoms with Crippen LogP contribution in [0, 0.1) is 5.82 Å². The van der Waals surface area contributed by atoms with E-state index in [1.807, 2.05) is 30.3 Å². The van der Waals surface area contributed by atoms with Crippen molar-refractivity contribution in [1.29, 1.82) is 0 Å². The van der Waals surface area contributed by atoms with Gasteiger partial charge in [-0.3, -0.25) is 9.52 Å². The molecule has 0 aliphatic carbocycles. The SMILES string of the molecule is O=C(Nc1ccc(O)c(NS(=O)(=O)c2ccc(F)cc2)c1)c1ccc(-c2ccccc2)cc1Cl. The Morgan fingerprint density at radius 3 is 2.24 bits per heavy atom. The quantitative estimate of drug-likeness (QED) is 0.228. The smallest absolute Gasteiger partial charge is 0.262 e. The molecule has 0 unspecified atom stereocenters. The third-order valence-corrected chi connectivity index (χ3v) is 6.64. The fourth-order valence-electron chi connectivity index (χ4n) is 3.22. The number of halogens is 2. The predicted molar refractivity (Wildman–Crippen MR) is 130 cm³/mol. The Bertz CT molecular complexity index is 1460. The standard InChI is InChI=1S/C25H18ClFN2O4S/c26-22-14-17(16-4-2-1-3-5-16)6-12-21(22)25(31)28-19-9-13-24(30)23(15-19)29-34(32,33)20-10-7-18(27)8-11-20/h1-15,29-30H,(H,28,31). The van der Waals surface area contributed by atoms with Gasteiger partial charge >= 0.3 is 0 Å². The summed E-state index contributed by atoms with van der Waals surface area (Å²) in [6.45, 7) is 0. The van der Waals surface area contributed by atoms with E-state index in [1.54, 1.807) is 18.2 Å². The number of phenols is 1. The molecular weight excluding hydrogens is 479 g/mol. The summed E-state index contributed by atoms with van der Waals surface area (Å²) in [6, 6.07) is 22.7. The van der Waals surface area contributed by atoms with E-state index in [0.29, 0.717) is 0 Å². The first-order valence-corrected chi connectivity index (χ1v) is 11.9. The first-order valence-electron chi connectivity index (χ1n) is 10.0. The van der Waals surface area contributed by atoms with Crippen LogP contribution in [0.15, 0.2) is 95.9 Å². The number of phenolic OH excluding ortho intramolecular Hbond substituents is 1. The first-order chi connectivity index (χ1) is 16.2. The molecule has 1 amide bonds. The summed E-state index contributed by atoms with van der Waals surface area (Å²) < 4.78 is 40.5. The Balaban J connectivity index is 1.54. The number of hydrogen-bond acceptors (Lipinski definition) is 4. The monoisotopic (exact) mass is 496 g/mol. The van der Waals surface area contributed by atoms with Crippen LogP contribution in [0.1, 0.15) is 10.4 Å². The van der Waals surface area contributed by atoms with Crippen LogP contribution in [-0.2, 0) is 10.0 Å². The van der Waals surface area contributed by atoms with Crippen LogP contribution < -0.4 is 10.0 Å². The molecule has 0 radical (unpaired) electrons. The van der Waals surface area contributed by atoms with E-state index in [4.69, 9.17) is 11.6 Å². The summed E-state index contributed by atoms with van der Waals surface area (Å²) in [7, 11) is -4.10. The summed E-state index contributed by atoms with van der Waals surface area (Å²) >= 11 is 6.34. The fraction of sp³-hybridized carbons (Fsp3) is 0. The van der Waals surface area contributed by atoms with Gasteiger partial charge in [0.15, 0.2) is 0 Å². The predicted octanol–water partition coefficient (Wildman–Crippen LogP) is 5.90. The molecular formula is C25H18ClFN2O4S. The molecule has 34 heavy (non-hydrogen) atoms. The molecule has 4 rings (SSSR count). The zero-order chi connectivity index (χ0) is 24.3. The molecule has 0 bridgehead atoms. The van der Waals surface area contributed by atoms with Gasteiger partial charge in [0.05, 0.1) is 21.2 Å². The van der Waals surface area contributed by atoms with Crippen LogP contribution in [0.3, 0.4) is 0 Å². The Morgan fingerprint density at radius 1 is 0.853 bits per heavy atom. The van der Waals surface area contributed by atoms with Crippen LogP contribution in [0.4, 0.5) is 15.8 Å². The highest BCUT2D eigenvalue weighted by Gasteiger charge is 2.18. The Morgan fingerprint density at radius 2 is 1.56 bits per heavy atom. The number of anilines is 2. The molecule has 0 aliphatic rings. The van der Waals surface area contributed by atoms with E-state index in [0.717, 1.165) is 35.4 Å². The molecule has 172 valence electrons. The highest BCUT2D eigenvalue weighted by molar-refractivity contribution is 7.92. The number of nitrogens with one attached hydrogen (secondary N) is 2. The lowest BCUT2D eigenvalue weighted by atomic mass is 10.0. The maximum Gasteiger partial charge on any atom is 0.262 e. The highest BCUT2D eigenvalue weighted by atomic mass is 35.5. The molecule has 0 fully saturated rings. The lowest BCUT2D eigenvalue weighted by molar-refractivity contribution is 0.102. The number of carbonyl (C=O) groups excluding carboxylic acids is 1. The number of carbonyl (C=O) groups is 1. The van der Waals surface area contributed by atoms with Crippen molar-refractivity contribution in [2.24, 2.45) is 0 Å². The lowest BCUT2D eigenvalue weighted by Gasteiger charge is -2.13. The van der Waals surface area contributed by atoms with E-state index < -0.39 is 21.7 Å². The number of rotatable bonds is 6. The van der Waals surface area contributed by atoms with Gasteiger partial charge in [0.1, 0.15) is 11.6 Å². The molecule has 3 N–H and O–H groups in total. The van der Waals surface area contributed by atoms with Gasteiger partial charge in [0.2, 0.25) is 0 Å². The molecule has 0 saturated heterocycles. The highest BCUT2D eigenvalue weighted by Crippen LogP contribution is 2.30. The molecule has 0 heterocycles. The van der Waals surface area contributed by atoms with Crippen molar-refractivity contribution in [2.45, 2.75) is 4.90 Å². The largest absolute Gasteiger partial charge is 0.506 e. The van der Waals surface area contributed by atoms with E-state index in [9.17, 15) is 22.7 Å². The molecule has 6 nitrogen and oxygen atoms in total. The van der Waals surface area contributed by atoms with Crippen molar-refractivity contribution in [3.8, 4) is 16.9 Å². The third kappa shape index (κ3) is 5.19. The van der Waals surface area contributed by atoms with Crippen molar-refractivity contribution in [3.05, 3.63) is 107 Å². The van der Waals surface area contributed by atoms with Crippen molar-refractivity contribution in [1.82, 2.24) is 0 Å².